The van der Waals surface area contributed by atoms with Gasteiger partial charge < -0.3 is 10.1 Å². The van der Waals surface area contributed by atoms with Crippen molar-refractivity contribution in [3.05, 3.63) is 12.2 Å². The Hall–Kier alpha value is -0.340. The molecule has 0 fully saturated rings. The van der Waals surface area contributed by atoms with Gasteiger partial charge in [0.25, 0.3) is 0 Å². The predicted octanol–water partition coefficient (Wildman–Crippen LogP) is 0.939. The van der Waals surface area contributed by atoms with E-state index in [1.807, 2.05) is 0 Å². The van der Waals surface area contributed by atoms with Crippen LogP contribution in [0.1, 0.15) is 13.8 Å². The summed E-state index contributed by atoms with van der Waals surface area (Å²) in [5, 5.41) is 3.23. The summed E-state index contributed by atoms with van der Waals surface area (Å²) in [6.07, 6.45) is 4.84. The van der Waals surface area contributed by atoms with Crippen molar-refractivity contribution in [3.63, 3.8) is 0 Å². The van der Waals surface area contributed by atoms with E-state index < -0.39 is 0 Å². The van der Waals surface area contributed by atoms with E-state index in [1.54, 1.807) is 0 Å². The lowest BCUT2D eigenvalue weighted by atomic mass is 10.2. The van der Waals surface area contributed by atoms with Gasteiger partial charge in [-0.25, -0.2) is 0 Å². The molecular weight excluding hydrogens is 126 g/mol. The second-order valence-corrected chi connectivity index (χ2v) is 2.81. The van der Waals surface area contributed by atoms with Crippen LogP contribution in [-0.4, -0.2) is 25.3 Å². The summed E-state index contributed by atoms with van der Waals surface area (Å²) in [5.41, 5.74) is 0. The van der Waals surface area contributed by atoms with Crippen LogP contribution < -0.4 is 5.32 Å². The van der Waals surface area contributed by atoms with Gasteiger partial charge in [-0.3, -0.25) is 0 Å². The molecule has 0 aromatic carbocycles. The fourth-order valence-corrected chi connectivity index (χ4v) is 1.04. The van der Waals surface area contributed by atoms with Gasteiger partial charge in [-0.15, -0.1) is 0 Å². The molecular formula is C8H15NO. The molecule has 0 amide bonds. The highest BCUT2D eigenvalue weighted by Gasteiger charge is 2.08. The first-order chi connectivity index (χ1) is 4.79. The quantitative estimate of drug-likeness (QED) is 0.578. The largest absolute Gasteiger partial charge is 0.370 e. The molecule has 0 spiro atoms. The van der Waals surface area contributed by atoms with Crippen LogP contribution in [0.15, 0.2) is 12.2 Å². The van der Waals surface area contributed by atoms with Crippen LogP contribution in [0.25, 0.3) is 0 Å². The third-order valence-corrected chi connectivity index (χ3v) is 1.41. The maximum absolute atomic E-state index is 5.54. The van der Waals surface area contributed by atoms with Crippen molar-refractivity contribution in [2.45, 2.75) is 26.1 Å². The minimum atomic E-state index is 0.286. The van der Waals surface area contributed by atoms with Crippen LogP contribution in [0.5, 0.6) is 0 Å². The molecule has 0 saturated carbocycles. The average Bonchev–Trinajstić information content (AvgIpc) is 1.88. The van der Waals surface area contributed by atoms with Gasteiger partial charge in [0.1, 0.15) is 0 Å². The van der Waals surface area contributed by atoms with Gasteiger partial charge in [0.15, 0.2) is 0 Å². The van der Waals surface area contributed by atoms with Gasteiger partial charge in [0, 0.05) is 13.1 Å². The molecule has 1 heterocycles. The molecule has 0 aliphatic carbocycles. The minimum absolute atomic E-state index is 0.286. The smallest absolute Gasteiger partial charge is 0.0884 e. The molecule has 58 valence electrons. The number of hydrogen-bond donors (Lipinski definition) is 1. The standard InChI is InChI=1S/C8H15NO/c1-7(2)10-8-4-3-5-9-6-8/h3-4,7-9H,5-6H2,1-2H3. The predicted molar refractivity (Wildman–Crippen MR) is 42.0 cm³/mol. The van der Waals surface area contributed by atoms with E-state index in [-0.39, 0.29) is 6.10 Å². The fraction of sp³-hybridized carbons (Fsp3) is 0.750. The summed E-state index contributed by atoms with van der Waals surface area (Å²) in [5.74, 6) is 0. The van der Waals surface area contributed by atoms with E-state index in [4.69, 9.17) is 4.74 Å². The second-order valence-electron chi connectivity index (χ2n) is 2.81. The first-order valence-electron chi connectivity index (χ1n) is 3.82. The lowest BCUT2D eigenvalue weighted by Crippen LogP contribution is -2.33. The highest BCUT2D eigenvalue weighted by Crippen LogP contribution is 2.01. The molecule has 1 rings (SSSR count). The molecule has 1 N–H and O–H groups in total. The second kappa shape index (κ2) is 3.74. The van der Waals surface area contributed by atoms with E-state index in [0.717, 1.165) is 13.1 Å². The molecule has 0 bridgehead atoms. The molecule has 0 aromatic heterocycles. The van der Waals surface area contributed by atoms with E-state index in [0.29, 0.717) is 6.10 Å². The molecule has 1 atom stereocenters. The van der Waals surface area contributed by atoms with Crippen molar-refractivity contribution in [1.82, 2.24) is 5.32 Å². The molecule has 0 aromatic rings. The Morgan fingerprint density at radius 2 is 2.40 bits per heavy atom. The van der Waals surface area contributed by atoms with Crippen LogP contribution in [0, 0.1) is 0 Å². The van der Waals surface area contributed by atoms with Crippen molar-refractivity contribution in [2.24, 2.45) is 0 Å². The number of nitrogens with one attached hydrogen (secondary N) is 1. The zero-order valence-corrected chi connectivity index (χ0v) is 6.63. The van der Waals surface area contributed by atoms with Gasteiger partial charge in [-0.05, 0) is 13.8 Å². The third-order valence-electron chi connectivity index (χ3n) is 1.41. The van der Waals surface area contributed by atoms with Gasteiger partial charge in [-0.1, -0.05) is 12.2 Å². The average molecular weight is 141 g/mol. The van der Waals surface area contributed by atoms with Gasteiger partial charge in [0.2, 0.25) is 0 Å². The molecule has 0 saturated heterocycles. The molecule has 0 radical (unpaired) electrons. The SMILES string of the molecule is CC(C)OC1C=CCNC1. The highest BCUT2D eigenvalue weighted by molar-refractivity contribution is 4.96. The maximum atomic E-state index is 5.54. The lowest BCUT2D eigenvalue weighted by molar-refractivity contribution is 0.0342. The Morgan fingerprint density at radius 1 is 1.60 bits per heavy atom. The van der Waals surface area contributed by atoms with Gasteiger partial charge in [-0.2, -0.15) is 0 Å². The highest BCUT2D eigenvalue weighted by atomic mass is 16.5. The van der Waals surface area contributed by atoms with E-state index in [1.165, 1.54) is 0 Å². The Morgan fingerprint density at radius 3 is 2.90 bits per heavy atom. The van der Waals surface area contributed by atoms with E-state index >= 15 is 0 Å². The zero-order valence-electron chi connectivity index (χ0n) is 6.63. The van der Waals surface area contributed by atoms with Crippen molar-refractivity contribution in [2.75, 3.05) is 13.1 Å². The summed E-state index contributed by atoms with van der Waals surface area (Å²) in [7, 11) is 0. The molecule has 1 aliphatic rings. The third kappa shape index (κ3) is 2.50. The van der Waals surface area contributed by atoms with Crippen molar-refractivity contribution in [3.8, 4) is 0 Å². The fourth-order valence-electron chi connectivity index (χ4n) is 1.04. The molecule has 2 nitrogen and oxygen atoms in total. The summed E-state index contributed by atoms with van der Waals surface area (Å²) >= 11 is 0. The zero-order chi connectivity index (χ0) is 7.40. The first-order valence-corrected chi connectivity index (χ1v) is 3.82. The molecule has 2 heteroatoms. The number of hydrogen-bond acceptors (Lipinski definition) is 2. The molecule has 10 heavy (non-hydrogen) atoms. The summed E-state index contributed by atoms with van der Waals surface area (Å²) in [6.45, 7) is 6.05. The lowest BCUT2D eigenvalue weighted by Gasteiger charge is -2.20. The van der Waals surface area contributed by atoms with Crippen LogP contribution >= 0.6 is 0 Å². The number of rotatable bonds is 2. The van der Waals surface area contributed by atoms with Gasteiger partial charge in [0.05, 0.1) is 12.2 Å². The molecule has 1 unspecified atom stereocenters. The number of ether oxygens (including phenoxy) is 1. The van der Waals surface area contributed by atoms with Crippen molar-refractivity contribution >= 4 is 0 Å². The molecule has 1 aliphatic heterocycles. The van der Waals surface area contributed by atoms with E-state index in [2.05, 4.69) is 31.3 Å². The Labute approximate surface area is 62.3 Å². The Balaban J connectivity index is 2.26. The first kappa shape index (κ1) is 7.76. The summed E-state index contributed by atoms with van der Waals surface area (Å²) < 4.78 is 5.54. The van der Waals surface area contributed by atoms with Crippen molar-refractivity contribution < 1.29 is 4.74 Å². The minimum Gasteiger partial charge on any atom is -0.370 e. The maximum Gasteiger partial charge on any atom is 0.0884 e. The Bertz CT molecular complexity index is 120. The van der Waals surface area contributed by atoms with Crippen LogP contribution in [-0.2, 0) is 4.74 Å². The summed E-state index contributed by atoms with van der Waals surface area (Å²) in [4.78, 5) is 0. The normalized spacial score (nSPS) is 25.7. The topological polar surface area (TPSA) is 21.3 Å². The van der Waals surface area contributed by atoms with Crippen LogP contribution in [0.3, 0.4) is 0 Å². The van der Waals surface area contributed by atoms with E-state index in [9.17, 15) is 0 Å². The van der Waals surface area contributed by atoms with Crippen LogP contribution in [0.4, 0.5) is 0 Å². The van der Waals surface area contributed by atoms with Crippen molar-refractivity contribution in [1.29, 1.82) is 0 Å². The monoisotopic (exact) mass is 141 g/mol. The van der Waals surface area contributed by atoms with Gasteiger partial charge >= 0.3 is 0 Å². The summed E-state index contributed by atoms with van der Waals surface area (Å²) in [6, 6.07) is 0. The Kier molecular flexibility index (Phi) is 2.90. The van der Waals surface area contributed by atoms with Crippen LogP contribution in [0.2, 0.25) is 0 Å².